The molecule has 1 aliphatic rings. The second-order valence-electron chi connectivity index (χ2n) is 6.44. The number of aliphatic imine (C=N–C) groups is 1. The lowest BCUT2D eigenvalue weighted by molar-refractivity contribution is -0.0505. The SMILES string of the molecule is CCNC(=NCc1cc2c(cc1OC(F)F)OCO2)NCc1ccccc1COC.I. The summed E-state index contributed by atoms with van der Waals surface area (Å²) >= 11 is 0. The third-order valence-corrected chi connectivity index (χ3v) is 4.39. The Hall–Kier alpha value is -2.34. The van der Waals surface area contributed by atoms with Crippen LogP contribution in [0.5, 0.6) is 17.2 Å². The van der Waals surface area contributed by atoms with Gasteiger partial charge in [-0.25, -0.2) is 4.99 Å². The van der Waals surface area contributed by atoms with E-state index in [2.05, 4.69) is 20.4 Å². The van der Waals surface area contributed by atoms with Gasteiger partial charge in [-0.05, 0) is 24.1 Å². The van der Waals surface area contributed by atoms with Crippen molar-refractivity contribution in [3.05, 3.63) is 53.1 Å². The van der Waals surface area contributed by atoms with Gasteiger partial charge in [-0.1, -0.05) is 24.3 Å². The van der Waals surface area contributed by atoms with Gasteiger partial charge in [0.05, 0.1) is 13.2 Å². The summed E-state index contributed by atoms with van der Waals surface area (Å²) in [6.45, 7) is 0.852. The molecule has 2 aromatic carbocycles. The van der Waals surface area contributed by atoms with Crippen molar-refractivity contribution in [2.45, 2.75) is 33.2 Å². The highest BCUT2D eigenvalue weighted by Gasteiger charge is 2.20. The Morgan fingerprint density at radius 2 is 1.81 bits per heavy atom. The highest BCUT2D eigenvalue weighted by molar-refractivity contribution is 14.0. The standard InChI is InChI=1S/C21H25F2N3O4.HI/c1-3-24-21(25-10-14-6-4-5-7-15(14)12-27-2)26-11-16-8-18-19(29-13-28-18)9-17(16)30-20(22)23;/h4-9,20H,3,10-13H2,1-2H3,(H2,24,25,26);1H. The summed E-state index contributed by atoms with van der Waals surface area (Å²) in [5.74, 6) is 1.41. The quantitative estimate of drug-likeness (QED) is 0.280. The average Bonchev–Trinajstić information content (AvgIpc) is 3.18. The molecule has 0 bridgehead atoms. The minimum absolute atomic E-state index is 0. The number of hydrogen-bond donors (Lipinski definition) is 2. The molecule has 0 atom stereocenters. The zero-order valence-electron chi connectivity index (χ0n) is 17.3. The van der Waals surface area contributed by atoms with Crippen molar-refractivity contribution < 1.29 is 27.7 Å². The summed E-state index contributed by atoms with van der Waals surface area (Å²) in [7, 11) is 1.65. The third kappa shape index (κ3) is 7.10. The number of nitrogens with one attached hydrogen (secondary N) is 2. The van der Waals surface area contributed by atoms with E-state index in [0.717, 1.165) is 11.1 Å². The lowest BCUT2D eigenvalue weighted by atomic mass is 10.1. The van der Waals surface area contributed by atoms with Crippen molar-refractivity contribution in [2.24, 2.45) is 4.99 Å². The van der Waals surface area contributed by atoms with Crippen molar-refractivity contribution in [1.29, 1.82) is 0 Å². The van der Waals surface area contributed by atoms with Gasteiger partial charge in [0.2, 0.25) is 6.79 Å². The molecular formula is C21H26F2IN3O4. The summed E-state index contributed by atoms with van der Waals surface area (Å²) in [6.07, 6.45) is 0. The van der Waals surface area contributed by atoms with Gasteiger partial charge in [-0.15, -0.1) is 24.0 Å². The van der Waals surface area contributed by atoms with Crippen LogP contribution in [0.15, 0.2) is 41.4 Å². The molecule has 1 heterocycles. The van der Waals surface area contributed by atoms with Crippen LogP contribution in [0.3, 0.4) is 0 Å². The van der Waals surface area contributed by atoms with Crippen LogP contribution in [0.2, 0.25) is 0 Å². The molecule has 0 aliphatic carbocycles. The van der Waals surface area contributed by atoms with E-state index in [4.69, 9.17) is 14.2 Å². The van der Waals surface area contributed by atoms with Crippen LogP contribution in [0.1, 0.15) is 23.6 Å². The zero-order chi connectivity index (χ0) is 21.3. The second kappa shape index (κ2) is 12.5. The van der Waals surface area contributed by atoms with E-state index in [1.165, 1.54) is 6.07 Å². The summed E-state index contributed by atoms with van der Waals surface area (Å²) in [4.78, 5) is 4.51. The minimum Gasteiger partial charge on any atom is -0.454 e. The van der Waals surface area contributed by atoms with Crippen LogP contribution in [-0.4, -0.2) is 33.0 Å². The molecule has 2 N–H and O–H groups in total. The van der Waals surface area contributed by atoms with E-state index in [-0.39, 0.29) is 43.1 Å². The van der Waals surface area contributed by atoms with Gasteiger partial charge in [0.1, 0.15) is 5.75 Å². The Kier molecular flexibility index (Phi) is 10.0. The largest absolute Gasteiger partial charge is 0.454 e. The fourth-order valence-electron chi connectivity index (χ4n) is 3.01. The molecule has 31 heavy (non-hydrogen) atoms. The maximum absolute atomic E-state index is 12.8. The first kappa shape index (κ1) is 24.9. The average molecular weight is 549 g/mol. The molecule has 3 rings (SSSR count). The summed E-state index contributed by atoms with van der Waals surface area (Å²) < 4.78 is 46.1. The molecule has 0 spiro atoms. The van der Waals surface area contributed by atoms with E-state index >= 15 is 0 Å². The number of rotatable bonds is 9. The Labute approximate surface area is 197 Å². The number of fused-ring (bicyclic) bond motifs is 1. The van der Waals surface area contributed by atoms with Crippen molar-refractivity contribution >= 4 is 29.9 Å². The van der Waals surface area contributed by atoms with Gasteiger partial charge < -0.3 is 29.6 Å². The number of methoxy groups -OCH3 is 1. The monoisotopic (exact) mass is 549 g/mol. The van der Waals surface area contributed by atoms with Gasteiger partial charge >= 0.3 is 6.61 Å². The fourth-order valence-corrected chi connectivity index (χ4v) is 3.01. The van der Waals surface area contributed by atoms with Crippen molar-refractivity contribution in [3.8, 4) is 17.2 Å². The van der Waals surface area contributed by atoms with Crippen LogP contribution < -0.4 is 24.8 Å². The molecule has 0 aromatic heterocycles. The summed E-state index contributed by atoms with van der Waals surface area (Å²) in [5, 5.41) is 6.41. The maximum Gasteiger partial charge on any atom is 0.387 e. The molecule has 0 unspecified atom stereocenters. The zero-order valence-corrected chi connectivity index (χ0v) is 19.7. The van der Waals surface area contributed by atoms with Gasteiger partial charge in [-0.2, -0.15) is 8.78 Å². The maximum atomic E-state index is 12.8. The number of ether oxygens (including phenoxy) is 4. The van der Waals surface area contributed by atoms with Crippen molar-refractivity contribution in [3.63, 3.8) is 0 Å². The molecular weight excluding hydrogens is 523 g/mol. The first-order chi connectivity index (χ1) is 14.6. The Bertz CT molecular complexity index is 884. The van der Waals surface area contributed by atoms with Gasteiger partial charge in [-0.3, -0.25) is 0 Å². The molecule has 170 valence electrons. The predicted octanol–water partition coefficient (Wildman–Crippen LogP) is 4.04. The number of guanidine groups is 1. The molecule has 10 heteroatoms. The predicted molar refractivity (Wildman–Crippen MR) is 123 cm³/mol. The first-order valence-electron chi connectivity index (χ1n) is 9.56. The molecule has 0 radical (unpaired) electrons. The minimum atomic E-state index is -2.95. The van der Waals surface area contributed by atoms with E-state index in [1.54, 1.807) is 13.2 Å². The van der Waals surface area contributed by atoms with E-state index in [9.17, 15) is 8.78 Å². The number of alkyl halides is 2. The van der Waals surface area contributed by atoms with Crippen LogP contribution in [0.25, 0.3) is 0 Å². The topological polar surface area (TPSA) is 73.3 Å². The van der Waals surface area contributed by atoms with E-state index in [1.807, 2.05) is 31.2 Å². The molecule has 0 amide bonds. The van der Waals surface area contributed by atoms with Gasteiger partial charge in [0.25, 0.3) is 0 Å². The smallest absolute Gasteiger partial charge is 0.387 e. The fraction of sp³-hybridized carbons (Fsp3) is 0.381. The molecule has 2 aromatic rings. The van der Waals surface area contributed by atoms with E-state index < -0.39 is 6.61 Å². The van der Waals surface area contributed by atoms with Crippen LogP contribution in [0, 0.1) is 0 Å². The van der Waals surface area contributed by atoms with Crippen molar-refractivity contribution in [2.75, 3.05) is 20.4 Å². The number of nitrogens with zero attached hydrogens (tertiary/aromatic N) is 1. The summed E-state index contributed by atoms with van der Waals surface area (Å²) in [6, 6.07) is 11.0. The van der Waals surface area contributed by atoms with Gasteiger partial charge in [0, 0.05) is 31.8 Å². The van der Waals surface area contributed by atoms with Crippen molar-refractivity contribution in [1.82, 2.24) is 10.6 Å². The number of halogens is 3. The highest BCUT2D eigenvalue weighted by Crippen LogP contribution is 2.39. The molecule has 1 aliphatic heterocycles. The normalized spacial score (nSPS) is 12.5. The van der Waals surface area contributed by atoms with Crippen LogP contribution in [0.4, 0.5) is 8.78 Å². The molecule has 0 saturated carbocycles. The third-order valence-electron chi connectivity index (χ3n) is 4.39. The Morgan fingerprint density at radius 1 is 1.10 bits per heavy atom. The number of hydrogen-bond acceptors (Lipinski definition) is 5. The molecule has 0 fully saturated rings. The second-order valence-corrected chi connectivity index (χ2v) is 6.44. The molecule has 0 saturated heterocycles. The van der Waals surface area contributed by atoms with Crippen LogP contribution in [-0.2, 0) is 24.4 Å². The highest BCUT2D eigenvalue weighted by atomic mass is 127. The first-order valence-corrected chi connectivity index (χ1v) is 9.56. The number of benzene rings is 2. The lowest BCUT2D eigenvalue weighted by Crippen LogP contribution is -2.37. The lowest BCUT2D eigenvalue weighted by Gasteiger charge is -2.15. The van der Waals surface area contributed by atoms with E-state index in [0.29, 0.717) is 42.7 Å². The molecule has 7 nitrogen and oxygen atoms in total. The Morgan fingerprint density at radius 3 is 2.48 bits per heavy atom. The summed E-state index contributed by atoms with van der Waals surface area (Å²) in [5.41, 5.74) is 2.62. The van der Waals surface area contributed by atoms with Crippen LogP contribution >= 0.6 is 24.0 Å². The van der Waals surface area contributed by atoms with Gasteiger partial charge in [0.15, 0.2) is 17.5 Å². The Balaban J connectivity index is 0.00000341.